The maximum absolute atomic E-state index is 11.8. The fourth-order valence-electron chi connectivity index (χ4n) is 1.96. The second-order valence-corrected chi connectivity index (χ2v) is 5.47. The van der Waals surface area contributed by atoms with Crippen molar-refractivity contribution >= 4 is 11.9 Å². The minimum absolute atomic E-state index is 0.0877. The van der Waals surface area contributed by atoms with E-state index < -0.39 is 0 Å². The van der Waals surface area contributed by atoms with Gasteiger partial charge in [0.05, 0.1) is 12.6 Å². The first-order chi connectivity index (χ1) is 8.34. The average molecular weight is 257 g/mol. The molecule has 1 atom stereocenters. The Kier molecular flexibility index (Phi) is 4.95. The molecule has 0 spiro atoms. The first kappa shape index (κ1) is 14.8. The van der Waals surface area contributed by atoms with Crippen molar-refractivity contribution in [3.63, 3.8) is 0 Å². The van der Waals surface area contributed by atoms with E-state index >= 15 is 0 Å². The zero-order chi connectivity index (χ0) is 13.8. The van der Waals surface area contributed by atoms with E-state index in [4.69, 9.17) is 4.74 Å². The summed E-state index contributed by atoms with van der Waals surface area (Å²) < 4.78 is 4.84. The third kappa shape index (κ3) is 4.18. The Morgan fingerprint density at radius 1 is 1.50 bits per heavy atom. The van der Waals surface area contributed by atoms with Gasteiger partial charge in [0.2, 0.25) is 5.91 Å². The summed E-state index contributed by atoms with van der Waals surface area (Å²) in [6.45, 7) is 7.49. The first-order valence-electron chi connectivity index (χ1n) is 6.18. The standard InChI is InChI=1S/C12H23N3O3/c1-12(2,3)15-8-9(7-10(15)16)14-11(17)13-5-6-18-4/h9H,5-8H2,1-4H3,(H2,13,14,17). The molecule has 0 aliphatic carbocycles. The average Bonchev–Trinajstić information content (AvgIpc) is 2.59. The van der Waals surface area contributed by atoms with Gasteiger partial charge in [-0.15, -0.1) is 0 Å². The van der Waals surface area contributed by atoms with Crippen LogP contribution in [0.2, 0.25) is 0 Å². The number of urea groups is 1. The molecule has 1 unspecified atom stereocenters. The molecular weight excluding hydrogens is 234 g/mol. The molecule has 0 aromatic heterocycles. The van der Waals surface area contributed by atoms with Crippen molar-refractivity contribution in [2.24, 2.45) is 0 Å². The van der Waals surface area contributed by atoms with Gasteiger partial charge in [0.15, 0.2) is 0 Å². The van der Waals surface area contributed by atoms with Gasteiger partial charge in [-0.3, -0.25) is 4.79 Å². The predicted octanol–water partition coefficient (Wildman–Crippen LogP) is 0.331. The van der Waals surface area contributed by atoms with Crippen LogP contribution < -0.4 is 10.6 Å². The van der Waals surface area contributed by atoms with Crippen LogP contribution in [-0.4, -0.2) is 55.2 Å². The van der Waals surface area contributed by atoms with Crippen molar-refractivity contribution in [2.45, 2.75) is 38.8 Å². The van der Waals surface area contributed by atoms with Crippen LogP contribution in [0, 0.1) is 0 Å². The highest BCUT2D eigenvalue weighted by atomic mass is 16.5. The van der Waals surface area contributed by atoms with Crippen LogP contribution in [0.5, 0.6) is 0 Å². The fourth-order valence-corrected chi connectivity index (χ4v) is 1.96. The van der Waals surface area contributed by atoms with Gasteiger partial charge in [0.25, 0.3) is 0 Å². The molecule has 104 valence electrons. The predicted molar refractivity (Wildman–Crippen MR) is 68.3 cm³/mol. The molecule has 3 amide bonds. The number of amides is 3. The van der Waals surface area contributed by atoms with Crippen molar-refractivity contribution < 1.29 is 14.3 Å². The molecule has 6 nitrogen and oxygen atoms in total. The number of nitrogens with zero attached hydrogens (tertiary/aromatic N) is 1. The summed E-state index contributed by atoms with van der Waals surface area (Å²) in [5, 5.41) is 5.48. The van der Waals surface area contributed by atoms with E-state index in [1.165, 1.54) is 0 Å². The Morgan fingerprint density at radius 2 is 2.17 bits per heavy atom. The second-order valence-electron chi connectivity index (χ2n) is 5.47. The van der Waals surface area contributed by atoms with E-state index in [1.807, 2.05) is 20.8 Å². The van der Waals surface area contributed by atoms with Gasteiger partial charge in [-0.2, -0.15) is 0 Å². The maximum Gasteiger partial charge on any atom is 0.315 e. The third-order valence-corrected chi connectivity index (χ3v) is 2.86. The summed E-state index contributed by atoms with van der Waals surface area (Å²) in [6.07, 6.45) is 0.370. The van der Waals surface area contributed by atoms with Crippen molar-refractivity contribution in [1.29, 1.82) is 0 Å². The van der Waals surface area contributed by atoms with Crippen molar-refractivity contribution in [1.82, 2.24) is 15.5 Å². The maximum atomic E-state index is 11.8. The molecule has 1 saturated heterocycles. The van der Waals surface area contributed by atoms with E-state index in [-0.39, 0.29) is 23.5 Å². The van der Waals surface area contributed by atoms with E-state index in [0.29, 0.717) is 26.1 Å². The van der Waals surface area contributed by atoms with Gasteiger partial charge in [-0.1, -0.05) is 0 Å². The molecule has 0 bridgehead atoms. The van der Waals surface area contributed by atoms with E-state index in [0.717, 1.165) is 0 Å². The second kappa shape index (κ2) is 6.04. The monoisotopic (exact) mass is 257 g/mol. The lowest BCUT2D eigenvalue weighted by atomic mass is 10.1. The SMILES string of the molecule is COCCNC(=O)NC1CC(=O)N(C(C)(C)C)C1. The number of carbonyl (C=O) groups excluding carboxylic acids is 2. The lowest BCUT2D eigenvalue weighted by Crippen LogP contribution is -2.47. The molecule has 1 aliphatic rings. The summed E-state index contributed by atoms with van der Waals surface area (Å²) in [6, 6.07) is -0.361. The molecule has 1 fully saturated rings. The highest BCUT2D eigenvalue weighted by molar-refractivity contribution is 5.82. The van der Waals surface area contributed by atoms with Crippen LogP contribution in [0.15, 0.2) is 0 Å². The normalized spacial score (nSPS) is 20.1. The number of ether oxygens (including phenoxy) is 1. The lowest BCUT2D eigenvalue weighted by Gasteiger charge is -2.32. The molecule has 18 heavy (non-hydrogen) atoms. The number of likely N-dealkylation sites (tertiary alicyclic amines) is 1. The molecular formula is C12H23N3O3. The van der Waals surface area contributed by atoms with Crippen molar-refractivity contribution in [2.75, 3.05) is 26.8 Å². The number of carbonyl (C=O) groups is 2. The van der Waals surface area contributed by atoms with Crippen LogP contribution in [0.25, 0.3) is 0 Å². The Balaban J connectivity index is 2.38. The van der Waals surface area contributed by atoms with Gasteiger partial charge < -0.3 is 20.3 Å². The third-order valence-electron chi connectivity index (χ3n) is 2.86. The van der Waals surface area contributed by atoms with Gasteiger partial charge in [0, 0.05) is 32.2 Å². The molecule has 1 rings (SSSR count). The molecule has 2 N–H and O–H groups in total. The number of hydrogen-bond acceptors (Lipinski definition) is 3. The van der Waals surface area contributed by atoms with Crippen LogP contribution in [0.3, 0.4) is 0 Å². The Labute approximate surface area is 108 Å². The fraction of sp³-hybridized carbons (Fsp3) is 0.833. The highest BCUT2D eigenvalue weighted by Gasteiger charge is 2.36. The lowest BCUT2D eigenvalue weighted by molar-refractivity contribution is -0.131. The zero-order valence-electron chi connectivity index (χ0n) is 11.6. The number of methoxy groups -OCH3 is 1. The molecule has 0 aromatic rings. The zero-order valence-corrected chi connectivity index (χ0v) is 11.6. The van der Waals surface area contributed by atoms with Crippen LogP contribution in [-0.2, 0) is 9.53 Å². The summed E-state index contributed by atoms with van der Waals surface area (Å²) in [7, 11) is 1.58. The van der Waals surface area contributed by atoms with Crippen LogP contribution >= 0.6 is 0 Å². The Morgan fingerprint density at radius 3 is 2.67 bits per heavy atom. The van der Waals surface area contributed by atoms with E-state index in [2.05, 4.69) is 10.6 Å². The van der Waals surface area contributed by atoms with Crippen LogP contribution in [0.4, 0.5) is 4.79 Å². The molecule has 1 heterocycles. The molecule has 0 radical (unpaired) electrons. The number of hydrogen-bond donors (Lipinski definition) is 2. The molecule has 0 saturated carbocycles. The number of rotatable bonds is 4. The van der Waals surface area contributed by atoms with E-state index in [1.54, 1.807) is 12.0 Å². The van der Waals surface area contributed by atoms with Gasteiger partial charge in [0.1, 0.15) is 0 Å². The summed E-state index contributed by atoms with van der Waals surface area (Å²) in [5.74, 6) is 0.0877. The largest absolute Gasteiger partial charge is 0.383 e. The van der Waals surface area contributed by atoms with E-state index in [9.17, 15) is 9.59 Å². The van der Waals surface area contributed by atoms with Crippen molar-refractivity contribution in [3.8, 4) is 0 Å². The highest BCUT2D eigenvalue weighted by Crippen LogP contribution is 2.21. The van der Waals surface area contributed by atoms with Crippen LogP contribution in [0.1, 0.15) is 27.2 Å². The van der Waals surface area contributed by atoms with Gasteiger partial charge in [-0.25, -0.2) is 4.79 Å². The molecule has 6 heteroatoms. The minimum Gasteiger partial charge on any atom is -0.383 e. The Bertz CT molecular complexity index is 312. The Hall–Kier alpha value is -1.30. The smallest absolute Gasteiger partial charge is 0.315 e. The van der Waals surface area contributed by atoms with Gasteiger partial charge in [-0.05, 0) is 20.8 Å². The molecule has 0 aromatic carbocycles. The summed E-state index contributed by atoms with van der Waals surface area (Å²) >= 11 is 0. The molecule has 1 aliphatic heterocycles. The summed E-state index contributed by atoms with van der Waals surface area (Å²) in [4.78, 5) is 25.1. The van der Waals surface area contributed by atoms with Gasteiger partial charge >= 0.3 is 6.03 Å². The minimum atomic E-state index is -0.249. The van der Waals surface area contributed by atoms with Crippen molar-refractivity contribution in [3.05, 3.63) is 0 Å². The summed E-state index contributed by atoms with van der Waals surface area (Å²) in [5.41, 5.74) is -0.194. The first-order valence-corrected chi connectivity index (χ1v) is 6.18. The number of nitrogens with one attached hydrogen (secondary N) is 2. The topological polar surface area (TPSA) is 70.7 Å². The quantitative estimate of drug-likeness (QED) is 0.713.